The molecule has 0 spiro atoms. The predicted molar refractivity (Wildman–Crippen MR) is 92.5 cm³/mol. The fourth-order valence-corrected chi connectivity index (χ4v) is 5.41. The number of sulfone groups is 1. The molecular formula is C19H18F4O3S. The van der Waals surface area contributed by atoms with Crippen molar-refractivity contribution in [2.75, 3.05) is 7.11 Å². The van der Waals surface area contributed by atoms with Gasteiger partial charge in [-0.1, -0.05) is 18.2 Å². The molecule has 2 aromatic rings. The number of ether oxygens (including phenoxy) is 1. The van der Waals surface area contributed by atoms with Gasteiger partial charge in [0, 0.05) is 7.11 Å². The second-order valence-electron chi connectivity index (χ2n) is 6.55. The van der Waals surface area contributed by atoms with E-state index in [0.717, 1.165) is 24.3 Å². The standard InChI is InChI=1S/C19H18F4O3S/c1-26-15-7-8-16(11-15)27(24,25)18-9-4-13(10-17(18)19(21,22)23)12-2-5-14(20)6-3-12/h2-6,9-10,15-16H,7-8,11H2,1H3/t15-,16-/m0/s1. The molecule has 0 N–H and O–H groups in total. The lowest BCUT2D eigenvalue weighted by Crippen LogP contribution is -2.23. The lowest BCUT2D eigenvalue weighted by molar-refractivity contribution is -0.139. The molecule has 8 heteroatoms. The summed E-state index contributed by atoms with van der Waals surface area (Å²) in [6.07, 6.45) is -4.17. The topological polar surface area (TPSA) is 43.4 Å². The molecule has 0 unspecified atom stereocenters. The van der Waals surface area contributed by atoms with Crippen molar-refractivity contribution in [3.05, 3.63) is 53.8 Å². The Morgan fingerprint density at radius 3 is 2.19 bits per heavy atom. The van der Waals surface area contributed by atoms with Crippen LogP contribution in [0.2, 0.25) is 0 Å². The fourth-order valence-electron chi connectivity index (χ4n) is 3.40. The minimum atomic E-state index is -4.84. The minimum absolute atomic E-state index is 0.169. The number of methoxy groups -OCH3 is 1. The van der Waals surface area contributed by atoms with E-state index < -0.39 is 37.5 Å². The van der Waals surface area contributed by atoms with Gasteiger partial charge in [-0.2, -0.15) is 13.2 Å². The third-order valence-electron chi connectivity index (χ3n) is 4.88. The number of alkyl halides is 3. The van der Waals surface area contributed by atoms with Crippen LogP contribution >= 0.6 is 0 Å². The van der Waals surface area contributed by atoms with Crippen LogP contribution in [-0.4, -0.2) is 26.9 Å². The third-order valence-corrected chi connectivity index (χ3v) is 7.15. The summed E-state index contributed by atoms with van der Waals surface area (Å²) < 4.78 is 84.8. The van der Waals surface area contributed by atoms with Crippen LogP contribution < -0.4 is 0 Å². The molecule has 0 saturated heterocycles. The molecule has 1 aliphatic rings. The maximum Gasteiger partial charge on any atom is 0.417 e. The molecule has 0 radical (unpaired) electrons. The number of halogens is 4. The Kier molecular flexibility index (Phi) is 5.31. The second-order valence-corrected chi connectivity index (χ2v) is 8.75. The highest BCUT2D eigenvalue weighted by molar-refractivity contribution is 7.92. The van der Waals surface area contributed by atoms with Crippen molar-refractivity contribution in [3.8, 4) is 11.1 Å². The Morgan fingerprint density at radius 1 is 1.00 bits per heavy atom. The van der Waals surface area contributed by atoms with Crippen LogP contribution in [0.3, 0.4) is 0 Å². The van der Waals surface area contributed by atoms with Crippen LogP contribution in [0.4, 0.5) is 17.6 Å². The van der Waals surface area contributed by atoms with Gasteiger partial charge in [0.1, 0.15) is 5.82 Å². The Bertz CT molecular complexity index is 921. The van der Waals surface area contributed by atoms with Gasteiger partial charge in [-0.15, -0.1) is 0 Å². The van der Waals surface area contributed by atoms with Gasteiger partial charge < -0.3 is 4.74 Å². The summed E-state index contributed by atoms with van der Waals surface area (Å²) in [7, 11) is -2.70. The molecule has 0 aliphatic heterocycles. The molecule has 3 nitrogen and oxygen atoms in total. The zero-order chi connectivity index (χ0) is 19.8. The predicted octanol–water partition coefficient (Wildman–Crippen LogP) is 4.85. The monoisotopic (exact) mass is 402 g/mol. The maximum absolute atomic E-state index is 13.6. The van der Waals surface area contributed by atoms with Crippen LogP contribution in [0.15, 0.2) is 47.4 Å². The van der Waals surface area contributed by atoms with Crippen molar-refractivity contribution in [3.63, 3.8) is 0 Å². The molecule has 1 fully saturated rings. The van der Waals surface area contributed by atoms with E-state index in [0.29, 0.717) is 12.0 Å². The van der Waals surface area contributed by atoms with Crippen molar-refractivity contribution in [1.29, 1.82) is 0 Å². The van der Waals surface area contributed by atoms with Crippen molar-refractivity contribution < 1.29 is 30.7 Å². The second kappa shape index (κ2) is 7.24. The summed E-state index contributed by atoms with van der Waals surface area (Å²) in [6, 6.07) is 8.09. The van der Waals surface area contributed by atoms with Gasteiger partial charge in [0.05, 0.1) is 21.8 Å². The van der Waals surface area contributed by atoms with Crippen molar-refractivity contribution in [1.82, 2.24) is 0 Å². The Hall–Kier alpha value is -1.93. The lowest BCUT2D eigenvalue weighted by Gasteiger charge is -2.18. The molecule has 0 amide bonds. The molecule has 2 atom stereocenters. The van der Waals surface area contributed by atoms with Gasteiger partial charge in [0.2, 0.25) is 0 Å². The molecule has 2 aromatic carbocycles. The van der Waals surface area contributed by atoms with Gasteiger partial charge in [-0.25, -0.2) is 12.8 Å². The highest BCUT2D eigenvalue weighted by Crippen LogP contribution is 2.40. The summed E-state index contributed by atoms with van der Waals surface area (Å²) in [5, 5.41) is -0.903. The Morgan fingerprint density at radius 2 is 1.63 bits per heavy atom. The Labute approximate surface area is 154 Å². The van der Waals surface area contributed by atoms with Crippen LogP contribution in [-0.2, 0) is 20.8 Å². The third kappa shape index (κ3) is 4.01. The van der Waals surface area contributed by atoms with E-state index in [4.69, 9.17) is 4.74 Å². The highest BCUT2D eigenvalue weighted by atomic mass is 32.2. The fraction of sp³-hybridized carbons (Fsp3) is 0.368. The van der Waals surface area contributed by atoms with E-state index in [-0.39, 0.29) is 24.5 Å². The van der Waals surface area contributed by atoms with Gasteiger partial charge in [-0.05, 0) is 54.7 Å². The molecule has 1 saturated carbocycles. The van der Waals surface area contributed by atoms with Crippen molar-refractivity contribution >= 4 is 9.84 Å². The summed E-state index contributed by atoms with van der Waals surface area (Å²) in [5.74, 6) is -0.511. The zero-order valence-electron chi connectivity index (χ0n) is 14.5. The Balaban J connectivity index is 2.06. The first-order valence-electron chi connectivity index (χ1n) is 8.37. The van der Waals surface area contributed by atoms with Gasteiger partial charge in [0.25, 0.3) is 0 Å². The normalized spacial score (nSPS) is 20.8. The van der Waals surface area contributed by atoms with Crippen LogP contribution in [0.5, 0.6) is 0 Å². The largest absolute Gasteiger partial charge is 0.417 e. The zero-order valence-corrected chi connectivity index (χ0v) is 15.3. The summed E-state index contributed by atoms with van der Waals surface area (Å²) in [6.45, 7) is 0. The number of benzene rings is 2. The highest BCUT2D eigenvalue weighted by Gasteiger charge is 2.42. The summed E-state index contributed by atoms with van der Waals surface area (Å²) in [4.78, 5) is -0.720. The van der Waals surface area contributed by atoms with Crippen LogP contribution in [0.25, 0.3) is 11.1 Å². The van der Waals surface area contributed by atoms with Gasteiger partial charge >= 0.3 is 6.18 Å². The first-order chi connectivity index (χ1) is 12.6. The molecule has 0 bridgehead atoms. The van der Waals surface area contributed by atoms with E-state index in [2.05, 4.69) is 0 Å². The van der Waals surface area contributed by atoms with Crippen LogP contribution in [0, 0.1) is 5.82 Å². The van der Waals surface area contributed by atoms with E-state index in [1.165, 1.54) is 25.3 Å². The molecule has 146 valence electrons. The molecule has 1 aliphatic carbocycles. The minimum Gasteiger partial charge on any atom is -0.381 e. The maximum atomic E-state index is 13.6. The summed E-state index contributed by atoms with van der Waals surface area (Å²) in [5.41, 5.74) is -0.668. The van der Waals surface area contributed by atoms with E-state index in [9.17, 15) is 26.0 Å². The average molecular weight is 402 g/mol. The first kappa shape index (κ1) is 19.8. The number of hydrogen-bond acceptors (Lipinski definition) is 3. The molecule has 27 heavy (non-hydrogen) atoms. The van der Waals surface area contributed by atoms with Gasteiger partial charge in [0.15, 0.2) is 9.84 Å². The SMILES string of the molecule is CO[C@H]1CC[C@H](S(=O)(=O)c2ccc(-c3ccc(F)cc3)cc2C(F)(F)F)C1. The molecule has 0 heterocycles. The molecular weight excluding hydrogens is 384 g/mol. The smallest absolute Gasteiger partial charge is 0.381 e. The van der Waals surface area contributed by atoms with Gasteiger partial charge in [-0.3, -0.25) is 0 Å². The molecule has 3 rings (SSSR count). The van der Waals surface area contributed by atoms with E-state index in [1.807, 2.05) is 0 Å². The number of hydrogen-bond donors (Lipinski definition) is 0. The quantitative estimate of drug-likeness (QED) is 0.687. The van der Waals surface area contributed by atoms with Crippen molar-refractivity contribution in [2.24, 2.45) is 0 Å². The molecule has 0 aromatic heterocycles. The lowest BCUT2D eigenvalue weighted by atomic mass is 10.0. The van der Waals surface area contributed by atoms with Crippen LogP contribution in [0.1, 0.15) is 24.8 Å². The summed E-state index contributed by atoms with van der Waals surface area (Å²) >= 11 is 0. The first-order valence-corrected chi connectivity index (χ1v) is 9.91. The average Bonchev–Trinajstić information content (AvgIpc) is 3.11. The van der Waals surface area contributed by atoms with Crippen molar-refractivity contribution in [2.45, 2.75) is 41.7 Å². The van der Waals surface area contributed by atoms with E-state index >= 15 is 0 Å². The van der Waals surface area contributed by atoms with E-state index in [1.54, 1.807) is 0 Å². The number of rotatable bonds is 4.